The van der Waals surface area contributed by atoms with E-state index in [0.29, 0.717) is 30.1 Å². The van der Waals surface area contributed by atoms with Gasteiger partial charge in [-0.05, 0) is 43.5 Å². The van der Waals surface area contributed by atoms with Crippen LogP contribution in [-0.2, 0) is 4.79 Å². The maximum Gasteiger partial charge on any atom is 0.238 e. The fourth-order valence-corrected chi connectivity index (χ4v) is 3.05. The second kappa shape index (κ2) is 8.59. The van der Waals surface area contributed by atoms with Gasteiger partial charge in [0.15, 0.2) is 0 Å². The van der Waals surface area contributed by atoms with E-state index in [1.807, 2.05) is 12.1 Å². The van der Waals surface area contributed by atoms with Gasteiger partial charge in [0.2, 0.25) is 5.91 Å². The number of carbonyl (C=O) groups is 1. The Bertz CT molecular complexity index is 470. The predicted molar refractivity (Wildman–Crippen MR) is 90.1 cm³/mol. The Kier molecular flexibility index (Phi) is 7.46. The molecule has 0 radical (unpaired) electrons. The van der Waals surface area contributed by atoms with E-state index in [9.17, 15) is 4.79 Å². The zero-order valence-corrected chi connectivity index (χ0v) is 13.8. The monoisotopic (exact) mass is 331 g/mol. The summed E-state index contributed by atoms with van der Waals surface area (Å²) in [6.07, 6.45) is 2.32. The largest absolute Gasteiger partial charge is 0.329 e. The van der Waals surface area contributed by atoms with Crippen LogP contribution in [0.4, 0.5) is 5.69 Å². The van der Waals surface area contributed by atoms with E-state index in [4.69, 9.17) is 17.3 Å². The molecule has 0 spiro atoms. The van der Waals surface area contributed by atoms with Crippen LogP contribution in [0.25, 0.3) is 0 Å². The van der Waals surface area contributed by atoms with Gasteiger partial charge in [-0.15, -0.1) is 12.4 Å². The summed E-state index contributed by atoms with van der Waals surface area (Å²) in [6, 6.07) is 7.49. The highest BCUT2D eigenvalue weighted by atomic mass is 35.5. The van der Waals surface area contributed by atoms with E-state index in [1.165, 1.54) is 6.42 Å². The molecule has 1 amide bonds. The second-order valence-electron chi connectivity index (χ2n) is 5.45. The summed E-state index contributed by atoms with van der Waals surface area (Å²) in [7, 11) is 0. The number of amides is 1. The first-order valence-corrected chi connectivity index (χ1v) is 7.47. The van der Waals surface area contributed by atoms with Crippen LogP contribution in [0.3, 0.4) is 0 Å². The van der Waals surface area contributed by atoms with Crippen LogP contribution in [0, 0.1) is 5.92 Å². The SMILES string of the molecule is CC1CCCN(CC(=O)Nc2cccc(Cl)c2)C1CN.Cl. The maximum absolute atomic E-state index is 12.1. The number of nitrogens with zero attached hydrogens (tertiary/aromatic N) is 1. The summed E-state index contributed by atoms with van der Waals surface area (Å²) in [4.78, 5) is 14.3. The molecule has 1 saturated heterocycles. The van der Waals surface area contributed by atoms with Crippen LogP contribution in [0.2, 0.25) is 5.02 Å². The number of hydrogen-bond donors (Lipinski definition) is 2. The third kappa shape index (κ3) is 5.15. The Hall–Kier alpha value is -0.810. The van der Waals surface area contributed by atoms with Gasteiger partial charge >= 0.3 is 0 Å². The van der Waals surface area contributed by atoms with Gasteiger partial charge in [0.05, 0.1) is 6.54 Å². The Balaban J connectivity index is 0.00000220. The molecule has 1 aliphatic rings. The van der Waals surface area contributed by atoms with Gasteiger partial charge in [0, 0.05) is 23.3 Å². The molecule has 0 aromatic heterocycles. The minimum atomic E-state index is -0.0141. The van der Waals surface area contributed by atoms with Crippen LogP contribution >= 0.6 is 24.0 Å². The van der Waals surface area contributed by atoms with Crippen LogP contribution in [0.5, 0.6) is 0 Å². The van der Waals surface area contributed by atoms with Crippen molar-refractivity contribution < 1.29 is 4.79 Å². The average Bonchev–Trinajstić information content (AvgIpc) is 2.38. The van der Waals surface area contributed by atoms with E-state index >= 15 is 0 Å². The van der Waals surface area contributed by atoms with Gasteiger partial charge in [-0.2, -0.15) is 0 Å². The van der Waals surface area contributed by atoms with Crippen molar-refractivity contribution in [2.75, 3.05) is 25.0 Å². The molecule has 2 rings (SSSR count). The molecule has 118 valence electrons. The fraction of sp³-hybridized carbons (Fsp3) is 0.533. The van der Waals surface area contributed by atoms with Crippen molar-refractivity contribution >= 4 is 35.6 Å². The molecule has 0 aliphatic carbocycles. The molecule has 2 unspecified atom stereocenters. The first-order valence-electron chi connectivity index (χ1n) is 7.09. The van der Waals surface area contributed by atoms with Crippen molar-refractivity contribution in [2.24, 2.45) is 11.7 Å². The highest BCUT2D eigenvalue weighted by molar-refractivity contribution is 6.30. The third-order valence-electron chi connectivity index (χ3n) is 3.93. The Morgan fingerprint density at radius 2 is 2.29 bits per heavy atom. The maximum atomic E-state index is 12.1. The summed E-state index contributed by atoms with van der Waals surface area (Å²) in [5.74, 6) is 0.535. The lowest BCUT2D eigenvalue weighted by Crippen LogP contribution is -2.51. The van der Waals surface area contributed by atoms with Crippen molar-refractivity contribution in [2.45, 2.75) is 25.8 Å². The van der Waals surface area contributed by atoms with Gasteiger partial charge in [0.25, 0.3) is 0 Å². The summed E-state index contributed by atoms with van der Waals surface area (Å²) in [6.45, 7) is 4.14. The number of carbonyl (C=O) groups excluding carboxylic acids is 1. The second-order valence-corrected chi connectivity index (χ2v) is 5.89. The van der Waals surface area contributed by atoms with Crippen molar-refractivity contribution in [3.05, 3.63) is 29.3 Å². The quantitative estimate of drug-likeness (QED) is 0.891. The molecule has 1 aliphatic heterocycles. The lowest BCUT2D eigenvalue weighted by atomic mass is 9.91. The highest BCUT2D eigenvalue weighted by Gasteiger charge is 2.28. The van der Waals surface area contributed by atoms with Crippen molar-refractivity contribution in [3.8, 4) is 0 Å². The summed E-state index contributed by atoms with van der Waals surface area (Å²) in [5.41, 5.74) is 6.57. The van der Waals surface area contributed by atoms with Gasteiger partial charge in [-0.25, -0.2) is 0 Å². The minimum Gasteiger partial charge on any atom is -0.329 e. The molecule has 1 heterocycles. The van der Waals surface area contributed by atoms with Crippen LogP contribution in [0.1, 0.15) is 19.8 Å². The summed E-state index contributed by atoms with van der Waals surface area (Å²) in [5, 5.41) is 3.50. The van der Waals surface area contributed by atoms with Gasteiger partial charge in [-0.3, -0.25) is 9.69 Å². The zero-order chi connectivity index (χ0) is 14.5. The van der Waals surface area contributed by atoms with E-state index in [2.05, 4.69) is 17.1 Å². The van der Waals surface area contributed by atoms with E-state index in [-0.39, 0.29) is 18.3 Å². The number of rotatable bonds is 4. The van der Waals surface area contributed by atoms with Crippen molar-refractivity contribution in [1.29, 1.82) is 0 Å². The topological polar surface area (TPSA) is 58.4 Å². The zero-order valence-electron chi connectivity index (χ0n) is 12.2. The van der Waals surface area contributed by atoms with E-state index < -0.39 is 0 Å². The molecule has 0 bridgehead atoms. The van der Waals surface area contributed by atoms with Gasteiger partial charge in [0.1, 0.15) is 0 Å². The normalized spacial score (nSPS) is 22.4. The smallest absolute Gasteiger partial charge is 0.238 e. The predicted octanol–water partition coefficient (Wildman–Crippen LogP) is 2.76. The van der Waals surface area contributed by atoms with Gasteiger partial charge in [-0.1, -0.05) is 24.6 Å². The number of nitrogens with one attached hydrogen (secondary N) is 1. The lowest BCUT2D eigenvalue weighted by Gasteiger charge is -2.38. The number of halogens is 2. The van der Waals surface area contributed by atoms with Crippen LogP contribution < -0.4 is 11.1 Å². The Morgan fingerprint density at radius 1 is 1.52 bits per heavy atom. The number of hydrogen-bond acceptors (Lipinski definition) is 3. The summed E-state index contributed by atoms with van der Waals surface area (Å²) < 4.78 is 0. The molecule has 2 atom stereocenters. The van der Waals surface area contributed by atoms with Crippen LogP contribution in [-0.4, -0.2) is 36.5 Å². The third-order valence-corrected chi connectivity index (χ3v) is 4.16. The fourth-order valence-electron chi connectivity index (χ4n) is 2.86. The highest BCUT2D eigenvalue weighted by Crippen LogP contribution is 2.22. The van der Waals surface area contributed by atoms with E-state index in [0.717, 1.165) is 18.7 Å². The van der Waals surface area contributed by atoms with E-state index in [1.54, 1.807) is 12.1 Å². The number of likely N-dealkylation sites (tertiary alicyclic amines) is 1. The van der Waals surface area contributed by atoms with Crippen molar-refractivity contribution in [1.82, 2.24) is 4.90 Å². The molecular weight excluding hydrogens is 309 g/mol. The number of piperidine rings is 1. The molecule has 6 heteroatoms. The summed E-state index contributed by atoms with van der Waals surface area (Å²) >= 11 is 5.91. The van der Waals surface area contributed by atoms with Crippen molar-refractivity contribution in [3.63, 3.8) is 0 Å². The number of benzene rings is 1. The van der Waals surface area contributed by atoms with Crippen LogP contribution in [0.15, 0.2) is 24.3 Å². The Morgan fingerprint density at radius 3 is 2.95 bits per heavy atom. The number of nitrogens with two attached hydrogens (primary N) is 1. The first kappa shape index (κ1) is 18.2. The molecule has 4 nitrogen and oxygen atoms in total. The molecular formula is C15H23Cl2N3O. The molecule has 1 aromatic carbocycles. The molecule has 3 N–H and O–H groups in total. The molecule has 21 heavy (non-hydrogen) atoms. The number of anilines is 1. The minimum absolute atomic E-state index is 0. The average molecular weight is 332 g/mol. The standard InChI is InChI=1S/C15H22ClN3O.ClH/c1-11-4-3-7-19(14(11)9-17)10-15(20)18-13-6-2-5-12(16)8-13;/h2,5-6,8,11,14H,3-4,7,9-10,17H2,1H3,(H,18,20);1H. The molecule has 1 aromatic rings. The molecule has 0 saturated carbocycles. The lowest BCUT2D eigenvalue weighted by molar-refractivity contribution is -0.118. The Labute approximate surface area is 137 Å². The van der Waals surface area contributed by atoms with Gasteiger partial charge < -0.3 is 11.1 Å². The molecule has 1 fully saturated rings. The first-order chi connectivity index (χ1) is 9.60.